The SMILES string of the molecule is CCCCCC(CNC1CC1)Cc1ccc(F)cc1. The normalized spacial score (nSPS) is 16.5. The quantitative estimate of drug-likeness (QED) is 0.654. The third-order valence-electron chi connectivity index (χ3n) is 3.93. The lowest BCUT2D eigenvalue weighted by Crippen LogP contribution is -2.26. The maximum Gasteiger partial charge on any atom is 0.123 e. The third kappa shape index (κ3) is 5.73. The van der Waals surface area contributed by atoms with E-state index >= 15 is 0 Å². The summed E-state index contributed by atoms with van der Waals surface area (Å²) in [4.78, 5) is 0. The first-order valence-corrected chi connectivity index (χ1v) is 7.75. The van der Waals surface area contributed by atoms with E-state index < -0.39 is 0 Å². The van der Waals surface area contributed by atoms with Crippen molar-refractivity contribution in [3.63, 3.8) is 0 Å². The van der Waals surface area contributed by atoms with Crippen molar-refractivity contribution in [3.05, 3.63) is 35.6 Å². The summed E-state index contributed by atoms with van der Waals surface area (Å²) >= 11 is 0. The zero-order valence-electron chi connectivity index (χ0n) is 12.0. The standard InChI is InChI=1S/C17H26FN/c1-2-3-4-5-15(13-19-17-10-11-17)12-14-6-8-16(18)9-7-14/h6-9,15,17,19H,2-5,10-13H2,1H3. The Balaban J connectivity index is 1.81. The van der Waals surface area contributed by atoms with E-state index in [1.54, 1.807) is 12.1 Å². The van der Waals surface area contributed by atoms with Gasteiger partial charge in [0.1, 0.15) is 5.82 Å². The third-order valence-corrected chi connectivity index (χ3v) is 3.93. The highest BCUT2D eigenvalue weighted by molar-refractivity contribution is 5.16. The van der Waals surface area contributed by atoms with Crippen molar-refractivity contribution in [2.75, 3.05) is 6.54 Å². The Kier molecular flexibility index (Phi) is 5.84. The molecule has 1 atom stereocenters. The van der Waals surface area contributed by atoms with Crippen molar-refractivity contribution in [2.45, 2.75) is 57.9 Å². The highest BCUT2D eigenvalue weighted by Gasteiger charge is 2.21. The predicted molar refractivity (Wildman–Crippen MR) is 78.8 cm³/mol. The molecule has 1 aromatic rings. The molecule has 0 heterocycles. The van der Waals surface area contributed by atoms with Crippen molar-refractivity contribution in [1.29, 1.82) is 0 Å². The summed E-state index contributed by atoms with van der Waals surface area (Å²) in [6.07, 6.45) is 8.96. The second-order valence-corrected chi connectivity index (χ2v) is 5.87. The van der Waals surface area contributed by atoms with E-state index in [1.165, 1.54) is 44.1 Å². The first-order chi connectivity index (χ1) is 9.28. The first-order valence-electron chi connectivity index (χ1n) is 7.75. The summed E-state index contributed by atoms with van der Waals surface area (Å²) in [6.45, 7) is 3.36. The molecule has 2 rings (SSSR count). The minimum atomic E-state index is -0.137. The van der Waals surface area contributed by atoms with Crippen LogP contribution in [0.3, 0.4) is 0 Å². The minimum absolute atomic E-state index is 0.137. The van der Waals surface area contributed by atoms with Crippen molar-refractivity contribution >= 4 is 0 Å². The molecule has 0 radical (unpaired) electrons. The lowest BCUT2D eigenvalue weighted by Gasteiger charge is -2.17. The molecule has 1 saturated carbocycles. The van der Waals surface area contributed by atoms with Gasteiger partial charge in [0.15, 0.2) is 0 Å². The zero-order valence-corrected chi connectivity index (χ0v) is 12.0. The van der Waals surface area contributed by atoms with Crippen LogP contribution in [0.2, 0.25) is 0 Å². The molecule has 1 unspecified atom stereocenters. The predicted octanol–water partition coefficient (Wildman–Crippen LogP) is 4.32. The van der Waals surface area contributed by atoms with E-state index in [0.717, 1.165) is 19.0 Å². The fourth-order valence-corrected chi connectivity index (χ4v) is 2.53. The lowest BCUT2D eigenvalue weighted by atomic mass is 9.93. The van der Waals surface area contributed by atoms with E-state index in [9.17, 15) is 4.39 Å². The molecule has 1 fully saturated rings. The van der Waals surface area contributed by atoms with Crippen LogP contribution in [0.15, 0.2) is 24.3 Å². The summed E-state index contributed by atoms with van der Waals surface area (Å²) in [5.41, 5.74) is 1.26. The van der Waals surface area contributed by atoms with Gasteiger partial charge < -0.3 is 5.32 Å². The Labute approximate surface area is 116 Å². The zero-order chi connectivity index (χ0) is 13.5. The van der Waals surface area contributed by atoms with E-state index in [2.05, 4.69) is 12.2 Å². The molecule has 0 aromatic heterocycles. The van der Waals surface area contributed by atoms with Crippen LogP contribution in [-0.4, -0.2) is 12.6 Å². The van der Waals surface area contributed by atoms with Crippen LogP contribution in [0.5, 0.6) is 0 Å². The molecule has 1 N–H and O–H groups in total. The maximum atomic E-state index is 12.9. The molecule has 0 saturated heterocycles. The topological polar surface area (TPSA) is 12.0 Å². The minimum Gasteiger partial charge on any atom is -0.314 e. The van der Waals surface area contributed by atoms with Gasteiger partial charge in [-0.05, 0) is 55.8 Å². The smallest absolute Gasteiger partial charge is 0.123 e. The van der Waals surface area contributed by atoms with Gasteiger partial charge in [0.2, 0.25) is 0 Å². The molecule has 1 nitrogen and oxygen atoms in total. The molecule has 0 spiro atoms. The Morgan fingerprint density at radius 3 is 2.58 bits per heavy atom. The van der Waals surface area contributed by atoms with Crippen molar-refractivity contribution in [2.24, 2.45) is 5.92 Å². The van der Waals surface area contributed by atoms with Crippen LogP contribution in [-0.2, 0) is 6.42 Å². The second-order valence-electron chi connectivity index (χ2n) is 5.87. The first kappa shape index (κ1) is 14.5. The molecule has 1 aliphatic rings. The van der Waals surface area contributed by atoms with Gasteiger partial charge in [-0.2, -0.15) is 0 Å². The van der Waals surface area contributed by atoms with Crippen LogP contribution in [0.25, 0.3) is 0 Å². The second kappa shape index (κ2) is 7.64. The molecule has 0 amide bonds. The van der Waals surface area contributed by atoms with E-state index in [4.69, 9.17) is 0 Å². The van der Waals surface area contributed by atoms with E-state index in [0.29, 0.717) is 5.92 Å². The van der Waals surface area contributed by atoms with E-state index in [-0.39, 0.29) is 5.82 Å². The summed E-state index contributed by atoms with van der Waals surface area (Å²) in [7, 11) is 0. The molecule has 1 aromatic carbocycles. The van der Waals surface area contributed by atoms with Gasteiger partial charge in [-0.25, -0.2) is 4.39 Å². The average Bonchev–Trinajstić information content (AvgIpc) is 3.23. The van der Waals surface area contributed by atoms with Gasteiger partial charge in [0, 0.05) is 6.04 Å². The van der Waals surface area contributed by atoms with Crippen molar-refractivity contribution in [1.82, 2.24) is 5.32 Å². The number of halogens is 1. The highest BCUT2D eigenvalue weighted by atomic mass is 19.1. The Hall–Kier alpha value is -0.890. The number of benzene rings is 1. The van der Waals surface area contributed by atoms with Crippen LogP contribution in [0, 0.1) is 11.7 Å². The number of hydrogen-bond acceptors (Lipinski definition) is 1. The monoisotopic (exact) mass is 263 g/mol. The van der Waals surface area contributed by atoms with Crippen LogP contribution < -0.4 is 5.32 Å². The Morgan fingerprint density at radius 1 is 1.21 bits per heavy atom. The summed E-state index contributed by atoms with van der Waals surface area (Å²) < 4.78 is 12.9. The van der Waals surface area contributed by atoms with Crippen LogP contribution >= 0.6 is 0 Å². The highest BCUT2D eigenvalue weighted by Crippen LogP contribution is 2.21. The molecule has 1 aliphatic carbocycles. The molecule has 106 valence electrons. The molecule has 19 heavy (non-hydrogen) atoms. The molecule has 2 heteroatoms. The largest absolute Gasteiger partial charge is 0.314 e. The average molecular weight is 263 g/mol. The number of unbranched alkanes of at least 4 members (excludes halogenated alkanes) is 2. The van der Waals surface area contributed by atoms with Gasteiger partial charge in [0.05, 0.1) is 0 Å². The summed E-state index contributed by atoms with van der Waals surface area (Å²) in [5, 5.41) is 3.64. The summed E-state index contributed by atoms with van der Waals surface area (Å²) in [6, 6.07) is 7.79. The van der Waals surface area contributed by atoms with Gasteiger partial charge >= 0.3 is 0 Å². The molecule has 0 bridgehead atoms. The van der Waals surface area contributed by atoms with Gasteiger partial charge in [-0.1, -0.05) is 38.3 Å². The van der Waals surface area contributed by atoms with Gasteiger partial charge in [-0.3, -0.25) is 0 Å². The van der Waals surface area contributed by atoms with Crippen molar-refractivity contribution in [3.8, 4) is 0 Å². The fourth-order valence-electron chi connectivity index (χ4n) is 2.53. The van der Waals surface area contributed by atoms with Gasteiger partial charge in [-0.15, -0.1) is 0 Å². The molecular weight excluding hydrogens is 237 g/mol. The Morgan fingerprint density at radius 2 is 1.95 bits per heavy atom. The fraction of sp³-hybridized carbons (Fsp3) is 0.647. The molecular formula is C17H26FN. The van der Waals surface area contributed by atoms with Crippen molar-refractivity contribution < 1.29 is 4.39 Å². The maximum absolute atomic E-state index is 12.9. The van der Waals surface area contributed by atoms with Crippen LogP contribution in [0.1, 0.15) is 51.0 Å². The lowest BCUT2D eigenvalue weighted by molar-refractivity contribution is 0.422. The van der Waals surface area contributed by atoms with E-state index in [1.807, 2.05) is 12.1 Å². The number of rotatable bonds is 9. The number of nitrogens with one attached hydrogen (secondary N) is 1. The Bertz CT molecular complexity index is 356. The summed E-state index contributed by atoms with van der Waals surface area (Å²) in [5.74, 6) is 0.556. The molecule has 0 aliphatic heterocycles. The van der Waals surface area contributed by atoms with Crippen LogP contribution in [0.4, 0.5) is 4.39 Å². The van der Waals surface area contributed by atoms with Gasteiger partial charge in [0.25, 0.3) is 0 Å². The number of hydrogen-bond donors (Lipinski definition) is 1.